The van der Waals surface area contributed by atoms with Crippen LogP contribution in [0.5, 0.6) is 17.2 Å². The van der Waals surface area contributed by atoms with E-state index in [0.29, 0.717) is 15.8 Å². The summed E-state index contributed by atoms with van der Waals surface area (Å²) in [6.07, 6.45) is 1.13. The van der Waals surface area contributed by atoms with Crippen LogP contribution < -0.4 is 19.6 Å². The minimum absolute atomic E-state index is 0.0206. The largest absolute Gasteiger partial charge is 0.482 e. The SMILES string of the molecule is O=C(COc1cc(Cl)ccc1Cl)N/N=C/c1cc2c(cc1[N+](=O)[O-])OCO2. The van der Waals surface area contributed by atoms with Gasteiger partial charge in [-0.25, -0.2) is 5.43 Å². The third kappa shape index (κ3) is 4.57. The van der Waals surface area contributed by atoms with E-state index in [4.69, 9.17) is 37.4 Å². The number of nitrogens with one attached hydrogen (secondary N) is 1. The summed E-state index contributed by atoms with van der Waals surface area (Å²) >= 11 is 11.8. The van der Waals surface area contributed by atoms with Gasteiger partial charge in [-0.1, -0.05) is 23.2 Å². The molecule has 0 aromatic heterocycles. The Hall–Kier alpha value is -3.04. The number of fused-ring (bicyclic) bond motifs is 1. The second kappa shape index (κ2) is 8.11. The third-order valence-corrected chi connectivity index (χ3v) is 3.91. The van der Waals surface area contributed by atoms with E-state index in [1.807, 2.05) is 0 Å². The van der Waals surface area contributed by atoms with Crippen LogP contribution >= 0.6 is 23.2 Å². The number of hydrogen-bond acceptors (Lipinski definition) is 7. The lowest BCUT2D eigenvalue weighted by atomic mass is 10.1. The van der Waals surface area contributed by atoms with Crippen LogP contribution in [0.2, 0.25) is 10.0 Å². The van der Waals surface area contributed by atoms with Crippen LogP contribution in [0.25, 0.3) is 0 Å². The van der Waals surface area contributed by atoms with Gasteiger partial charge in [-0.15, -0.1) is 0 Å². The number of hydrazone groups is 1. The zero-order valence-corrected chi connectivity index (χ0v) is 15.0. The van der Waals surface area contributed by atoms with Crippen LogP contribution in [0, 0.1) is 10.1 Å². The van der Waals surface area contributed by atoms with Gasteiger partial charge in [0.2, 0.25) is 6.79 Å². The summed E-state index contributed by atoms with van der Waals surface area (Å²) in [6, 6.07) is 7.22. The molecule has 1 heterocycles. The number of nitro benzene ring substituents is 1. The summed E-state index contributed by atoms with van der Waals surface area (Å²) in [5.74, 6) is 0.280. The zero-order valence-electron chi connectivity index (χ0n) is 13.5. The highest BCUT2D eigenvalue weighted by atomic mass is 35.5. The van der Waals surface area contributed by atoms with Gasteiger partial charge in [-0.3, -0.25) is 14.9 Å². The van der Waals surface area contributed by atoms with E-state index in [1.54, 1.807) is 6.07 Å². The molecular weight excluding hydrogens is 401 g/mol. The number of carbonyl (C=O) groups is 1. The number of amides is 1. The predicted molar refractivity (Wildman–Crippen MR) is 96.9 cm³/mol. The van der Waals surface area contributed by atoms with Crippen molar-refractivity contribution in [3.05, 3.63) is 56.1 Å². The van der Waals surface area contributed by atoms with Crippen LogP contribution in [0.4, 0.5) is 5.69 Å². The molecule has 1 aliphatic heterocycles. The predicted octanol–water partition coefficient (Wildman–Crippen LogP) is 3.16. The van der Waals surface area contributed by atoms with Gasteiger partial charge < -0.3 is 14.2 Å². The maximum Gasteiger partial charge on any atom is 0.282 e. The third-order valence-electron chi connectivity index (χ3n) is 3.36. The molecule has 0 atom stereocenters. The maximum absolute atomic E-state index is 11.8. The van der Waals surface area contributed by atoms with Crippen molar-refractivity contribution in [3.63, 3.8) is 0 Å². The van der Waals surface area contributed by atoms with Gasteiger partial charge in [0.25, 0.3) is 11.6 Å². The fourth-order valence-electron chi connectivity index (χ4n) is 2.15. The molecule has 9 nitrogen and oxygen atoms in total. The fourth-order valence-corrected chi connectivity index (χ4v) is 2.48. The molecular formula is C16H11Cl2N3O6. The molecule has 11 heteroatoms. The van der Waals surface area contributed by atoms with Crippen molar-refractivity contribution in [3.8, 4) is 17.2 Å². The van der Waals surface area contributed by atoms with Gasteiger partial charge in [-0.2, -0.15) is 5.10 Å². The highest BCUT2D eigenvalue weighted by molar-refractivity contribution is 6.34. The Kier molecular flexibility index (Phi) is 5.63. The van der Waals surface area contributed by atoms with E-state index < -0.39 is 10.8 Å². The first-order valence-electron chi connectivity index (χ1n) is 7.42. The van der Waals surface area contributed by atoms with Crippen molar-refractivity contribution >= 4 is 41.0 Å². The van der Waals surface area contributed by atoms with Crippen molar-refractivity contribution in [1.82, 2.24) is 5.43 Å². The normalized spacial score (nSPS) is 12.2. The quantitative estimate of drug-likeness (QED) is 0.443. The van der Waals surface area contributed by atoms with Gasteiger partial charge in [-0.05, 0) is 18.2 Å². The minimum Gasteiger partial charge on any atom is -0.482 e. The molecule has 2 aromatic carbocycles. The van der Waals surface area contributed by atoms with Crippen molar-refractivity contribution in [2.45, 2.75) is 0 Å². The van der Waals surface area contributed by atoms with Gasteiger partial charge in [0.15, 0.2) is 18.1 Å². The van der Waals surface area contributed by atoms with E-state index >= 15 is 0 Å². The molecule has 0 saturated heterocycles. The molecule has 1 N–H and O–H groups in total. The summed E-state index contributed by atoms with van der Waals surface area (Å²) < 4.78 is 15.5. The first-order chi connectivity index (χ1) is 12.9. The number of benzene rings is 2. The number of ether oxygens (including phenoxy) is 3. The summed E-state index contributed by atoms with van der Waals surface area (Å²) in [7, 11) is 0. The van der Waals surface area contributed by atoms with Crippen molar-refractivity contribution < 1.29 is 23.9 Å². The molecule has 0 aliphatic carbocycles. The number of nitrogens with zero attached hydrogens (tertiary/aromatic N) is 2. The van der Waals surface area contributed by atoms with Crippen LogP contribution in [0.15, 0.2) is 35.4 Å². The Morgan fingerprint density at radius 3 is 2.78 bits per heavy atom. The van der Waals surface area contributed by atoms with Gasteiger partial charge in [0, 0.05) is 11.1 Å². The standard InChI is InChI=1S/C16H11Cl2N3O6/c17-10-1-2-11(18)13(4-10)25-7-16(22)20-19-6-9-3-14-15(27-8-26-14)5-12(9)21(23)24/h1-6H,7-8H2,(H,20,22)/b19-6+. The van der Waals surface area contributed by atoms with Crippen molar-refractivity contribution in [2.75, 3.05) is 13.4 Å². The van der Waals surface area contributed by atoms with Gasteiger partial charge in [0.05, 0.1) is 27.8 Å². The van der Waals surface area contributed by atoms with Gasteiger partial charge in [0.1, 0.15) is 5.75 Å². The topological polar surface area (TPSA) is 112 Å². The number of halogens is 2. The maximum atomic E-state index is 11.8. The summed E-state index contributed by atoms with van der Waals surface area (Å²) in [5.41, 5.74) is 2.11. The lowest BCUT2D eigenvalue weighted by molar-refractivity contribution is -0.385. The van der Waals surface area contributed by atoms with Crippen molar-refractivity contribution in [1.29, 1.82) is 0 Å². The highest BCUT2D eigenvalue weighted by Gasteiger charge is 2.22. The lowest BCUT2D eigenvalue weighted by Gasteiger charge is -2.07. The van der Waals surface area contributed by atoms with E-state index in [-0.39, 0.29) is 36.1 Å². The Balaban J connectivity index is 1.62. The summed E-state index contributed by atoms with van der Waals surface area (Å²) in [6.45, 7) is -0.395. The molecule has 3 rings (SSSR count). The van der Waals surface area contributed by atoms with Crippen molar-refractivity contribution in [2.24, 2.45) is 5.10 Å². The first kappa shape index (κ1) is 18.7. The smallest absolute Gasteiger partial charge is 0.282 e. The number of hydrogen-bond donors (Lipinski definition) is 1. The number of carbonyl (C=O) groups excluding carboxylic acids is 1. The molecule has 140 valence electrons. The Bertz CT molecular complexity index is 935. The number of nitro groups is 1. The molecule has 0 fully saturated rings. The fraction of sp³-hybridized carbons (Fsp3) is 0.125. The minimum atomic E-state index is -0.592. The molecule has 0 spiro atoms. The Morgan fingerprint density at radius 2 is 2.04 bits per heavy atom. The van der Waals surface area contributed by atoms with E-state index in [9.17, 15) is 14.9 Å². The molecule has 0 unspecified atom stereocenters. The van der Waals surface area contributed by atoms with Gasteiger partial charge >= 0.3 is 0 Å². The highest BCUT2D eigenvalue weighted by Crippen LogP contribution is 2.37. The zero-order chi connectivity index (χ0) is 19.4. The van der Waals surface area contributed by atoms with Crippen LogP contribution in [0.3, 0.4) is 0 Å². The van der Waals surface area contributed by atoms with Crippen LogP contribution in [0.1, 0.15) is 5.56 Å². The summed E-state index contributed by atoms with van der Waals surface area (Å²) in [4.78, 5) is 22.4. The molecule has 0 saturated carbocycles. The van der Waals surface area contributed by atoms with E-state index in [1.165, 1.54) is 24.3 Å². The molecule has 0 radical (unpaired) electrons. The van der Waals surface area contributed by atoms with E-state index in [2.05, 4.69) is 10.5 Å². The second-order valence-electron chi connectivity index (χ2n) is 5.18. The lowest BCUT2D eigenvalue weighted by Crippen LogP contribution is -2.24. The Labute approximate surface area is 162 Å². The number of rotatable bonds is 6. The molecule has 27 heavy (non-hydrogen) atoms. The molecule has 0 bridgehead atoms. The Morgan fingerprint density at radius 1 is 1.30 bits per heavy atom. The monoisotopic (exact) mass is 411 g/mol. The van der Waals surface area contributed by atoms with Crippen LogP contribution in [-0.2, 0) is 4.79 Å². The molecule has 1 aliphatic rings. The molecule has 2 aromatic rings. The average Bonchev–Trinajstić information content (AvgIpc) is 3.09. The van der Waals surface area contributed by atoms with E-state index in [0.717, 1.165) is 6.21 Å². The summed E-state index contributed by atoms with van der Waals surface area (Å²) in [5, 5.41) is 15.6. The average molecular weight is 412 g/mol. The molecule has 1 amide bonds. The second-order valence-corrected chi connectivity index (χ2v) is 6.02. The van der Waals surface area contributed by atoms with Crippen LogP contribution in [-0.4, -0.2) is 30.4 Å². The first-order valence-corrected chi connectivity index (χ1v) is 8.17.